The van der Waals surface area contributed by atoms with Crippen LogP contribution in [0.4, 0.5) is 5.69 Å². The zero-order valence-electron chi connectivity index (χ0n) is 12.2. The number of carboxylic acids is 1. The summed E-state index contributed by atoms with van der Waals surface area (Å²) in [6, 6.07) is 7.76. The summed E-state index contributed by atoms with van der Waals surface area (Å²) < 4.78 is 0. The van der Waals surface area contributed by atoms with Gasteiger partial charge in [0, 0.05) is 5.69 Å². The largest absolute Gasteiger partial charge is 0.481 e. The van der Waals surface area contributed by atoms with E-state index in [2.05, 4.69) is 12.2 Å². The van der Waals surface area contributed by atoms with Gasteiger partial charge in [-0.15, -0.1) is 0 Å². The number of nitrogens with one attached hydrogen (secondary N) is 1. The second-order valence-electron chi connectivity index (χ2n) is 6.27. The first-order valence-corrected chi connectivity index (χ1v) is 7.72. The summed E-state index contributed by atoms with van der Waals surface area (Å²) in [6.45, 7) is 2.07. The number of rotatable bonds is 4. The van der Waals surface area contributed by atoms with Gasteiger partial charge in [0.05, 0.1) is 11.8 Å². The predicted molar refractivity (Wildman–Crippen MR) is 79.9 cm³/mol. The van der Waals surface area contributed by atoms with Crippen LogP contribution in [0, 0.1) is 23.7 Å². The number of hydrogen-bond donors (Lipinski definition) is 2. The second-order valence-corrected chi connectivity index (χ2v) is 6.27. The molecule has 1 aromatic rings. The van der Waals surface area contributed by atoms with E-state index >= 15 is 0 Å². The average molecular weight is 287 g/mol. The van der Waals surface area contributed by atoms with Crippen LogP contribution in [-0.4, -0.2) is 17.0 Å². The molecule has 2 aliphatic rings. The SMILES string of the molecule is CCc1cccc(NC(=O)[C@H]2[C@@H]3CC[C@@H](C3)[C@@H]2C(=O)O)c1. The van der Waals surface area contributed by atoms with Crippen LogP contribution in [0.2, 0.25) is 0 Å². The summed E-state index contributed by atoms with van der Waals surface area (Å²) in [5.74, 6) is -1.38. The Hall–Kier alpha value is -1.84. The Morgan fingerprint density at radius 1 is 1.24 bits per heavy atom. The molecule has 2 N–H and O–H groups in total. The Kier molecular flexibility index (Phi) is 3.70. The van der Waals surface area contributed by atoms with E-state index in [0.717, 1.165) is 36.9 Å². The number of aliphatic carboxylic acids is 1. The Bertz CT molecular complexity index is 569. The van der Waals surface area contributed by atoms with E-state index in [-0.39, 0.29) is 23.7 Å². The quantitative estimate of drug-likeness (QED) is 0.894. The lowest BCUT2D eigenvalue weighted by molar-refractivity contribution is -0.148. The molecule has 0 aliphatic heterocycles. The van der Waals surface area contributed by atoms with Gasteiger partial charge in [-0.25, -0.2) is 0 Å². The van der Waals surface area contributed by atoms with Crippen molar-refractivity contribution >= 4 is 17.6 Å². The van der Waals surface area contributed by atoms with Crippen molar-refractivity contribution in [2.45, 2.75) is 32.6 Å². The molecule has 2 fully saturated rings. The van der Waals surface area contributed by atoms with Gasteiger partial charge in [-0.2, -0.15) is 0 Å². The lowest BCUT2D eigenvalue weighted by Gasteiger charge is -2.27. The molecule has 4 heteroatoms. The molecule has 2 aliphatic carbocycles. The van der Waals surface area contributed by atoms with E-state index in [4.69, 9.17) is 0 Å². The number of fused-ring (bicyclic) bond motifs is 2. The van der Waals surface area contributed by atoms with E-state index in [1.54, 1.807) is 0 Å². The molecule has 112 valence electrons. The minimum Gasteiger partial charge on any atom is -0.481 e. The number of anilines is 1. The van der Waals surface area contributed by atoms with Crippen LogP contribution in [0.1, 0.15) is 31.7 Å². The second kappa shape index (κ2) is 5.51. The van der Waals surface area contributed by atoms with E-state index in [1.165, 1.54) is 0 Å². The van der Waals surface area contributed by atoms with Crippen molar-refractivity contribution in [2.75, 3.05) is 5.32 Å². The standard InChI is InChI=1S/C17H21NO3/c1-2-10-4-3-5-13(8-10)18-16(19)14-11-6-7-12(9-11)15(14)17(20)21/h3-5,8,11-12,14-15H,2,6-7,9H2,1H3,(H,18,19)(H,20,21)/t11-,12+,14+,15+/m1/s1. The highest BCUT2D eigenvalue weighted by Crippen LogP contribution is 2.52. The van der Waals surface area contributed by atoms with E-state index in [0.29, 0.717) is 0 Å². The van der Waals surface area contributed by atoms with Crippen LogP contribution in [0.3, 0.4) is 0 Å². The van der Waals surface area contributed by atoms with Crippen molar-refractivity contribution in [1.82, 2.24) is 0 Å². The highest BCUT2D eigenvalue weighted by molar-refractivity contribution is 5.96. The molecule has 4 nitrogen and oxygen atoms in total. The molecule has 21 heavy (non-hydrogen) atoms. The molecule has 0 spiro atoms. The number of hydrogen-bond acceptors (Lipinski definition) is 2. The Morgan fingerprint density at radius 3 is 2.62 bits per heavy atom. The Labute approximate surface area is 124 Å². The maximum atomic E-state index is 12.5. The fraction of sp³-hybridized carbons (Fsp3) is 0.529. The van der Waals surface area contributed by atoms with Gasteiger partial charge in [-0.3, -0.25) is 9.59 Å². The van der Waals surface area contributed by atoms with E-state index in [1.807, 2.05) is 24.3 Å². The first kappa shape index (κ1) is 14.1. The normalized spacial score (nSPS) is 30.3. The van der Waals surface area contributed by atoms with Gasteiger partial charge in [-0.05, 0) is 55.2 Å². The zero-order valence-corrected chi connectivity index (χ0v) is 12.2. The lowest BCUT2D eigenvalue weighted by Crippen LogP contribution is -2.37. The van der Waals surface area contributed by atoms with Crippen molar-refractivity contribution in [3.8, 4) is 0 Å². The molecule has 0 heterocycles. The third kappa shape index (κ3) is 2.55. The minimum absolute atomic E-state index is 0.122. The maximum absolute atomic E-state index is 12.5. The van der Waals surface area contributed by atoms with Crippen molar-refractivity contribution in [1.29, 1.82) is 0 Å². The summed E-state index contributed by atoms with van der Waals surface area (Å²) in [6.07, 6.45) is 3.75. The molecule has 2 bridgehead atoms. The number of carbonyl (C=O) groups is 2. The van der Waals surface area contributed by atoms with Gasteiger partial charge in [0.1, 0.15) is 0 Å². The molecular weight excluding hydrogens is 266 g/mol. The lowest BCUT2D eigenvalue weighted by atomic mass is 9.78. The summed E-state index contributed by atoms with van der Waals surface area (Å²) >= 11 is 0. The fourth-order valence-electron chi connectivity index (χ4n) is 4.12. The first-order valence-electron chi connectivity index (χ1n) is 7.72. The van der Waals surface area contributed by atoms with Gasteiger partial charge in [0.25, 0.3) is 0 Å². The molecule has 0 saturated heterocycles. The molecule has 2 saturated carbocycles. The molecule has 1 aromatic carbocycles. The topological polar surface area (TPSA) is 66.4 Å². The van der Waals surface area contributed by atoms with Crippen LogP contribution in [-0.2, 0) is 16.0 Å². The van der Waals surface area contributed by atoms with Crippen LogP contribution < -0.4 is 5.32 Å². The molecule has 4 atom stereocenters. The molecular formula is C17H21NO3. The molecule has 0 aromatic heterocycles. The number of benzene rings is 1. The third-order valence-corrected chi connectivity index (χ3v) is 5.11. The van der Waals surface area contributed by atoms with Crippen LogP contribution in [0.15, 0.2) is 24.3 Å². The Balaban J connectivity index is 1.76. The van der Waals surface area contributed by atoms with Gasteiger partial charge in [-0.1, -0.05) is 19.1 Å². The number of aryl methyl sites for hydroxylation is 1. The van der Waals surface area contributed by atoms with E-state index in [9.17, 15) is 14.7 Å². The number of carboxylic acid groups (broad SMARTS) is 1. The number of amides is 1. The third-order valence-electron chi connectivity index (χ3n) is 5.11. The predicted octanol–water partition coefficient (Wildman–Crippen LogP) is 2.93. The highest BCUT2D eigenvalue weighted by Gasteiger charge is 2.53. The van der Waals surface area contributed by atoms with Crippen molar-refractivity contribution < 1.29 is 14.7 Å². The Morgan fingerprint density at radius 2 is 1.95 bits per heavy atom. The van der Waals surface area contributed by atoms with Crippen molar-refractivity contribution in [3.63, 3.8) is 0 Å². The van der Waals surface area contributed by atoms with Gasteiger partial charge in [0.2, 0.25) is 5.91 Å². The monoisotopic (exact) mass is 287 g/mol. The molecule has 0 radical (unpaired) electrons. The minimum atomic E-state index is -0.815. The molecule has 3 rings (SSSR count). The summed E-state index contributed by atoms with van der Waals surface area (Å²) in [5.41, 5.74) is 1.93. The zero-order chi connectivity index (χ0) is 15.0. The van der Waals surface area contributed by atoms with Crippen LogP contribution in [0.25, 0.3) is 0 Å². The van der Waals surface area contributed by atoms with Gasteiger partial charge >= 0.3 is 5.97 Å². The number of carbonyl (C=O) groups excluding carboxylic acids is 1. The summed E-state index contributed by atoms with van der Waals surface area (Å²) in [4.78, 5) is 24.0. The summed E-state index contributed by atoms with van der Waals surface area (Å²) in [7, 11) is 0. The maximum Gasteiger partial charge on any atom is 0.307 e. The van der Waals surface area contributed by atoms with Gasteiger partial charge in [0.15, 0.2) is 0 Å². The molecule has 0 unspecified atom stereocenters. The molecule has 1 amide bonds. The van der Waals surface area contributed by atoms with Crippen molar-refractivity contribution in [3.05, 3.63) is 29.8 Å². The van der Waals surface area contributed by atoms with Gasteiger partial charge < -0.3 is 10.4 Å². The van der Waals surface area contributed by atoms with Crippen LogP contribution >= 0.6 is 0 Å². The van der Waals surface area contributed by atoms with Crippen molar-refractivity contribution in [2.24, 2.45) is 23.7 Å². The smallest absolute Gasteiger partial charge is 0.307 e. The van der Waals surface area contributed by atoms with Crippen LogP contribution in [0.5, 0.6) is 0 Å². The first-order chi connectivity index (χ1) is 10.1. The summed E-state index contributed by atoms with van der Waals surface area (Å²) in [5, 5.41) is 12.3. The van der Waals surface area contributed by atoms with E-state index < -0.39 is 11.9 Å². The highest BCUT2D eigenvalue weighted by atomic mass is 16.4. The fourth-order valence-corrected chi connectivity index (χ4v) is 4.12. The average Bonchev–Trinajstić information content (AvgIpc) is 3.07.